The third-order valence-corrected chi connectivity index (χ3v) is 2.00. The number of rotatable bonds is 1. The molecule has 0 N–H and O–H groups in total. The lowest BCUT2D eigenvalue weighted by Gasteiger charge is -1.98. The van der Waals surface area contributed by atoms with Crippen LogP contribution in [-0.2, 0) is 0 Å². The van der Waals surface area contributed by atoms with E-state index in [1.165, 1.54) is 6.33 Å². The molecule has 15 heavy (non-hydrogen) atoms. The fraction of sp³-hybridized carbons (Fsp3) is 0. The van der Waals surface area contributed by atoms with Gasteiger partial charge >= 0.3 is 0 Å². The van der Waals surface area contributed by atoms with Crippen LogP contribution in [0.3, 0.4) is 0 Å². The zero-order valence-electron chi connectivity index (χ0n) is 7.65. The highest BCUT2D eigenvalue weighted by atomic mass is 15.3. The molecule has 0 aromatic carbocycles. The van der Waals surface area contributed by atoms with Crippen LogP contribution in [-0.4, -0.2) is 29.7 Å². The van der Waals surface area contributed by atoms with Gasteiger partial charge in [-0.25, -0.2) is 15.0 Å². The van der Waals surface area contributed by atoms with E-state index < -0.39 is 0 Å². The number of hydrogen-bond donors (Lipinski definition) is 0. The van der Waals surface area contributed by atoms with Crippen molar-refractivity contribution in [1.82, 2.24) is 29.7 Å². The second-order valence-electron chi connectivity index (χ2n) is 2.92. The van der Waals surface area contributed by atoms with Crippen LogP contribution in [0.2, 0.25) is 0 Å². The van der Waals surface area contributed by atoms with Crippen LogP contribution < -0.4 is 0 Å². The van der Waals surface area contributed by atoms with Gasteiger partial charge < -0.3 is 0 Å². The normalized spacial score (nSPS) is 10.7. The summed E-state index contributed by atoms with van der Waals surface area (Å²) in [6.07, 6.45) is 9.76. The standard InChI is InChI=1S/C9H6N6/c1-2-12-8(5-10-1)15-9-7(4-14-15)3-11-6-13-9/h1-6H. The molecule has 3 aromatic heterocycles. The highest BCUT2D eigenvalue weighted by molar-refractivity contribution is 5.74. The first-order chi connectivity index (χ1) is 7.45. The first-order valence-electron chi connectivity index (χ1n) is 4.35. The average molecular weight is 198 g/mol. The molecule has 3 aromatic rings. The maximum Gasteiger partial charge on any atom is 0.174 e. The van der Waals surface area contributed by atoms with E-state index >= 15 is 0 Å². The van der Waals surface area contributed by atoms with Crippen LogP contribution in [0.25, 0.3) is 16.9 Å². The second-order valence-corrected chi connectivity index (χ2v) is 2.92. The summed E-state index contributed by atoms with van der Waals surface area (Å²) in [5.41, 5.74) is 0.727. The first kappa shape index (κ1) is 7.98. The van der Waals surface area contributed by atoms with Crippen molar-refractivity contribution in [2.75, 3.05) is 0 Å². The number of fused-ring (bicyclic) bond motifs is 1. The minimum absolute atomic E-state index is 0.645. The number of hydrogen-bond acceptors (Lipinski definition) is 5. The van der Waals surface area contributed by atoms with Crippen molar-refractivity contribution in [2.45, 2.75) is 0 Å². The van der Waals surface area contributed by atoms with Gasteiger partial charge in [0.25, 0.3) is 0 Å². The van der Waals surface area contributed by atoms with Crippen LogP contribution in [0.1, 0.15) is 0 Å². The van der Waals surface area contributed by atoms with Crippen LogP contribution in [0, 0.1) is 0 Å². The number of nitrogens with zero attached hydrogens (tertiary/aromatic N) is 6. The molecule has 0 aliphatic heterocycles. The van der Waals surface area contributed by atoms with E-state index in [2.05, 4.69) is 25.0 Å². The summed E-state index contributed by atoms with van der Waals surface area (Å²) in [4.78, 5) is 16.2. The zero-order chi connectivity index (χ0) is 10.1. The van der Waals surface area contributed by atoms with Gasteiger partial charge in [0.2, 0.25) is 0 Å². The molecule has 3 heterocycles. The summed E-state index contributed by atoms with van der Waals surface area (Å²) in [5.74, 6) is 0.645. The van der Waals surface area contributed by atoms with Crippen molar-refractivity contribution < 1.29 is 0 Å². The summed E-state index contributed by atoms with van der Waals surface area (Å²) in [6.45, 7) is 0. The SMILES string of the molecule is c1cnc(-n2ncc3cncnc32)cn1. The lowest BCUT2D eigenvalue weighted by Crippen LogP contribution is -2.00. The van der Waals surface area contributed by atoms with Crippen molar-refractivity contribution in [2.24, 2.45) is 0 Å². The van der Waals surface area contributed by atoms with E-state index in [9.17, 15) is 0 Å². The summed E-state index contributed by atoms with van der Waals surface area (Å²) in [7, 11) is 0. The van der Waals surface area contributed by atoms with Crippen molar-refractivity contribution in [3.63, 3.8) is 0 Å². The Morgan fingerprint density at radius 2 is 1.93 bits per heavy atom. The maximum atomic E-state index is 4.18. The van der Waals surface area contributed by atoms with E-state index in [-0.39, 0.29) is 0 Å². The largest absolute Gasteiger partial charge is 0.259 e. The van der Waals surface area contributed by atoms with Gasteiger partial charge in [0.15, 0.2) is 11.5 Å². The molecule has 0 bridgehead atoms. The molecule has 0 atom stereocenters. The fourth-order valence-corrected chi connectivity index (χ4v) is 1.34. The summed E-state index contributed by atoms with van der Waals surface area (Å²) in [6, 6.07) is 0. The van der Waals surface area contributed by atoms with Crippen molar-refractivity contribution in [3.8, 4) is 5.82 Å². The molecule has 0 amide bonds. The van der Waals surface area contributed by atoms with Gasteiger partial charge in [-0.2, -0.15) is 9.78 Å². The monoisotopic (exact) mass is 198 g/mol. The van der Waals surface area contributed by atoms with Gasteiger partial charge in [0.05, 0.1) is 17.8 Å². The molecule has 6 heteroatoms. The Bertz CT molecular complexity index is 588. The van der Waals surface area contributed by atoms with E-state index in [1.807, 2.05) is 0 Å². The lowest BCUT2D eigenvalue weighted by atomic mass is 10.4. The fourth-order valence-electron chi connectivity index (χ4n) is 1.34. The third kappa shape index (κ3) is 1.23. The second kappa shape index (κ2) is 3.09. The molecule has 0 saturated carbocycles. The summed E-state index contributed by atoms with van der Waals surface area (Å²) >= 11 is 0. The van der Waals surface area contributed by atoms with E-state index in [1.54, 1.807) is 35.7 Å². The predicted molar refractivity (Wildman–Crippen MR) is 52.3 cm³/mol. The van der Waals surface area contributed by atoms with Gasteiger partial charge in [-0.1, -0.05) is 0 Å². The van der Waals surface area contributed by atoms with Gasteiger partial charge in [-0.05, 0) is 0 Å². The molecule has 0 fully saturated rings. The molecule has 0 radical (unpaired) electrons. The highest BCUT2D eigenvalue weighted by Crippen LogP contribution is 2.11. The van der Waals surface area contributed by atoms with Crippen molar-refractivity contribution >= 4 is 11.0 Å². The Morgan fingerprint density at radius 3 is 2.80 bits per heavy atom. The van der Waals surface area contributed by atoms with Crippen molar-refractivity contribution in [3.05, 3.63) is 37.3 Å². The van der Waals surface area contributed by atoms with Gasteiger partial charge in [-0.15, -0.1) is 0 Å². The molecule has 6 nitrogen and oxygen atoms in total. The van der Waals surface area contributed by atoms with Crippen LogP contribution in [0.4, 0.5) is 0 Å². The van der Waals surface area contributed by atoms with Gasteiger partial charge in [-0.3, -0.25) is 4.98 Å². The Kier molecular flexibility index (Phi) is 1.64. The molecule has 72 valence electrons. The highest BCUT2D eigenvalue weighted by Gasteiger charge is 2.05. The van der Waals surface area contributed by atoms with Crippen LogP contribution >= 0.6 is 0 Å². The predicted octanol–water partition coefficient (Wildman–Crippen LogP) is 0.605. The van der Waals surface area contributed by atoms with Gasteiger partial charge in [0.1, 0.15) is 6.33 Å². The molecule has 0 saturated heterocycles. The quantitative estimate of drug-likeness (QED) is 0.572. The minimum Gasteiger partial charge on any atom is -0.259 e. The third-order valence-electron chi connectivity index (χ3n) is 2.00. The Labute approximate surface area is 84.7 Å². The zero-order valence-corrected chi connectivity index (χ0v) is 7.65. The topological polar surface area (TPSA) is 69.4 Å². The summed E-state index contributed by atoms with van der Waals surface area (Å²) in [5, 5.41) is 5.06. The van der Waals surface area contributed by atoms with Crippen LogP contribution in [0.5, 0.6) is 0 Å². The van der Waals surface area contributed by atoms with Crippen LogP contribution in [0.15, 0.2) is 37.3 Å². The molecule has 3 rings (SSSR count). The van der Waals surface area contributed by atoms with Gasteiger partial charge in [0, 0.05) is 18.6 Å². The van der Waals surface area contributed by atoms with E-state index in [0.717, 1.165) is 11.0 Å². The van der Waals surface area contributed by atoms with E-state index in [4.69, 9.17) is 0 Å². The average Bonchev–Trinajstić information content (AvgIpc) is 2.74. The molecular formula is C9H6N6. The summed E-state index contributed by atoms with van der Waals surface area (Å²) < 4.78 is 1.63. The Balaban J connectivity index is 2.28. The molecule has 0 aliphatic rings. The Morgan fingerprint density at radius 1 is 0.933 bits per heavy atom. The smallest absolute Gasteiger partial charge is 0.174 e. The van der Waals surface area contributed by atoms with E-state index in [0.29, 0.717) is 5.82 Å². The lowest BCUT2D eigenvalue weighted by molar-refractivity contribution is 0.852. The molecule has 0 aliphatic carbocycles. The molecule has 0 spiro atoms. The molecule has 0 unspecified atom stereocenters. The maximum absolute atomic E-state index is 4.18. The van der Waals surface area contributed by atoms with Crippen molar-refractivity contribution in [1.29, 1.82) is 0 Å². The Hall–Kier alpha value is -2.37. The first-order valence-corrected chi connectivity index (χ1v) is 4.35. The number of aromatic nitrogens is 6. The molecular weight excluding hydrogens is 192 g/mol. The minimum atomic E-state index is 0.645.